The van der Waals surface area contributed by atoms with Gasteiger partial charge in [-0.25, -0.2) is 0 Å². The zero-order chi connectivity index (χ0) is 12.7. The smallest absolute Gasteiger partial charge is 0.153 e. The molecule has 1 aliphatic rings. The molecule has 0 spiro atoms. The van der Waals surface area contributed by atoms with Gasteiger partial charge < -0.3 is 10.9 Å². The third kappa shape index (κ3) is 4.54. The van der Waals surface area contributed by atoms with Crippen LogP contribution in [0.15, 0.2) is 5.16 Å². The lowest BCUT2D eigenvalue weighted by Gasteiger charge is -2.31. The van der Waals surface area contributed by atoms with Crippen molar-refractivity contribution in [1.29, 1.82) is 0 Å². The Balaban J connectivity index is 2.57. The number of rotatable bonds is 7. The highest BCUT2D eigenvalue weighted by Crippen LogP contribution is 2.25. The molecule has 4 nitrogen and oxygen atoms in total. The van der Waals surface area contributed by atoms with Crippen LogP contribution in [-0.2, 0) is 0 Å². The van der Waals surface area contributed by atoms with E-state index in [2.05, 4.69) is 23.9 Å². The van der Waals surface area contributed by atoms with Crippen LogP contribution in [0.25, 0.3) is 0 Å². The number of hydrogen-bond donors (Lipinski definition) is 2. The first-order valence-electron chi connectivity index (χ1n) is 6.91. The molecule has 0 aromatic rings. The predicted molar refractivity (Wildman–Crippen MR) is 71.3 cm³/mol. The number of oxime groups is 1. The normalized spacial score (nSPS) is 18.5. The minimum absolute atomic E-state index is 0.336. The van der Waals surface area contributed by atoms with Gasteiger partial charge >= 0.3 is 0 Å². The molecule has 3 N–H and O–H groups in total. The summed E-state index contributed by atoms with van der Waals surface area (Å²) >= 11 is 0. The van der Waals surface area contributed by atoms with E-state index in [0.29, 0.717) is 18.4 Å². The molecule has 0 bridgehead atoms. The summed E-state index contributed by atoms with van der Waals surface area (Å²) in [6.07, 6.45) is 7.57. The molecule has 4 heteroatoms. The molecule has 100 valence electrons. The summed E-state index contributed by atoms with van der Waals surface area (Å²) in [5.41, 5.74) is 5.66. The van der Waals surface area contributed by atoms with E-state index in [0.717, 1.165) is 12.5 Å². The largest absolute Gasteiger partial charge is 0.409 e. The Kier molecular flexibility index (Phi) is 6.34. The summed E-state index contributed by atoms with van der Waals surface area (Å²) in [7, 11) is 0. The van der Waals surface area contributed by atoms with Crippen molar-refractivity contribution in [2.45, 2.75) is 58.4 Å². The number of hydrogen-bond acceptors (Lipinski definition) is 3. The van der Waals surface area contributed by atoms with Crippen molar-refractivity contribution in [2.24, 2.45) is 16.8 Å². The summed E-state index contributed by atoms with van der Waals surface area (Å²) in [4.78, 5) is 2.42. The first-order chi connectivity index (χ1) is 8.21. The quantitative estimate of drug-likeness (QED) is 0.311. The maximum atomic E-state index is 8.71. The molecule has 1 fully saturated rings. The van der Waals surface area contributed by atoms with E-state index in [1.165, 1.54) is 38.5 Å². The molecule has 0 unspecified atom stereocenters. The maximum Gasteiger partial charge on any atom is 0.153 e. The Bertz CT molecular complexity index is 233. The highest BCUT2D eigenvalue weighted by molar-refractivity contribution is 5.81. The minimum atomic E-state index is 0.336. The van der Waals surface area contributed by atoms with E-state index < -0.39 is 0 Å². The highest BCUT2D eigenvalue weighted by atomic mass is 16.4. The van der Waals surface area contributed by atoms with Crippen molar-refractivity contribution in [3.8, 4) is 0 Å². The average Bonchev–Trinajstić information content (AvgIpc) is 2.87. The van der Waals surface area contributed by atoms with Gasteiger partial charge in [0.2, 0.25) is 0 Å². The number of amidine groups is 1. The van der Waals surface area contributed by atoms with Crippen molar-refractivity contribution in [2.75, 3.05) is 13.1 Å². The first kappa shape index (κ1) is 14.3. The Morgan fingerprint density at radius 2 is 1.94 bits per heavy atom. The molecule has 1 rings (SSSR count). The second kappa shape index (κ2) is 7.54. The molecule has 0 heterocycles. The Hall–Kier alpha value is -0.770. The number of nitrogens with two attached hydrogens (primary N) is 1. The molecule has 0 saturated heterocycles. The molecule has 0 atom stereocenters. The van der Waals surface area contributed by atoms with Gasteiger partial charge in [0.1, 0.15) is 0 Å². The van der Waals surface area contributed by atoms with Gasteiger partial charge in [-0.2, -0.15) is 0 Å². The van der Waals surface area contributed by atoms with Gasteiger partial charge in [-0.05, 0) is 18.8 Å². The van der Waals surface area contributed by atoms with Crippen LogP contribution < -0.4 is 5.73 Å². The zero-order valence-electron chi connectivity index (χ0n) is 11.2. The molecular formula is C13H27N3O. The van der Waals surface area contributed by atoms with Crippen molar-refractivity contribution in [1.82, 2.24) is 4.90 Å². The molecule has 0 radical (unpaired) electrons. The highest BCUT2D eigenvalue weighted by Gasteiger charge is 2.24. The Morgan fingerprint density at radius 3 is 2.41 bits per heavy atom. The fraction of sp³-hybridized carbons (Fsp3) is 0.923. The third-order valence-electron chi connectivity index (χ3n) is 3.98. The lowest BCUT2D eigenvalue weighted by Crippen LogP contribution is -2.42. The molecule has 17 heavy (non-hydrogen) atoms. The molecule has 0 aromatic heterocycles. The summed E-state index contributed by atoms with van der Waals surface area (Å²) in [5, 5.41) is 11.8. The summed E-state index contributed by atoms with van der Waals surface area (Å²) in [6, 6.07) is 0.635. The number of nitrogens with zero attached hydrogens (tertiary/aromatic N) is 2. The van der Waals surface area contributed by atoms with Crippen molar-refractivity contribution in [3.63, 3.8) is 0 Å². The second-order valence-electron chi connectivity index (χ2n) is 5.14. The second-order valence-corrected chi connectivity index (χ2v) is 5.14. The van der Waals surface area contributed by atoms with E-state index in [4.69, 9.17) is 10.9 Å². The van der Waals surface area contributed by atoms with Gasteiger partial charge in [-0.1, -0.05) is 44.7 Å². The Morgan fingerprint density at radius 1 is 1.35 bits per heavy atom. The van der Waals surface area contributed by atoms with Crippen molar-refractivity contribution in [3.05, 3.63) is 0 Å². The van der Waals surface area contributed by atoms with Crippen LogP contribution in [-0.4, -0.2) is 35.1 Å². The standard InChI is InChI=1S/C13H27N3O/c1-3-11(4-2)9-16(10-13(14)15-17)12-7-5-6-8-12/h11-12,17H,3-10H2,1-2H3,(H2,14,15). The van der Waals surface area contributed by atoms with Gasteiger partial charge in [0, 0.05) is 12.6 Å². The van der Waals surface area contributed by atoms with Gasteiger partial charge in [0.25, 0.3) is 0 Å². The summed E-state index contributed by atoms with van der Waals surface area (Å²) < 4.78 is 0. The van der Waals surface area contributed by atoms with Crippen LogP contribution in [0.1, 0.15) is 52.4 Å². The molecule has 0 amide bonds. The van der Waals surface area contributed by atoms with Crippen LogP contribution in [0.4, 0.5) is 0 Å². The third-order valence-corrected chi connectivity index (χ3v) is 3.98. The van der Waals surface area contributed by atoms with E-state index in [1.54, 1.807) is 0 Å². The van der Waals surface area contributed by atoms with Crippen molar-refractivity contribution < 1.29 is 5.21 Å². The van der Waals surface area contributed by atoms with E-state index in [-0.39, 0.29) is 0 Å². The monoisotopic (exact) mass is 241 g/mol. The summed E-state index contributed by atoms with van der Waals surface area (Å²) in [5.74, 6) is 1.06. The van der Waals surface area contributed by atoms with Gasteiger partial charge in [0.05, 0.1) is 6.54 Å². The van der Waals surface area contributed by atoms with Crippen LogP contribution in [0.5, 0.6) is 0 Å². The minimum Gasteiger partial charge on any atom is -0.409 e. The predicted octanol–water partition coefficient (Wildman–Crippen LogP) is 2.41. The van der Waals surface area contributed by atoms with Crippen LogP contribution in [0.2, 0.25) is 0 Å². The SMILES string of the molecule is CCC(CC)CN(CC(N)=NO)C1CCCC1. The Labute approximate surface area is 105 Å². The van der Waals surface area contributed by atoms with Crippen molar-refractivity contribution >= 4 is 5.84 Å². The maximum absolute atomic E-state index is 8.71. The molecule has 0 aromatic carbocycles. The van der Waals surface area contributed by atoms with E-state index >= 15 is 0 Å². The lowest BCUT2D eigenvalue weighted by atomic mass is 10.0. The summed E-state index contributed by atoms with van der Waals surface area (Å²) in [6.45, 7) is 6.17. The fourth-order valence-electron chi connectivity index (χ4n) is 2.73. The molecular weight excluding hydrogens is 214 g/mol. The lowest BCUT2D eigenvalue weighted by molar-refractivity contribution is 0.184. The van der Waals surface area contributed by atoms with Gasteiger partial charge in [-0.15, -0.1) is 0 Å². The van der Waals surface area contributed by atoms with Gasteiger partial charge in [0.15, 0.2) is 5.84 Å². The van der Waals surface area contributed by atoms with E-state index in [1.807, 2.05) is 0 Å². The van der Waals surface area contributed by atoms with Gasteiger partial charge in [-0.3, -0.25) is 4.90 Å². The average molecular weight is 241 g/mol. The molecule has 0 aliphatic heterocycles. The van der Waals surface area contributed by atoms with Crippen LogP contribution >= 0.6 is 0 Å². The van der Waals surface area contributed by atoms with E-state index in [9.17, 15) is 0 Å². The first-order valence-corrected chi connectivity index (χ1v) is 6.91. The molecule has 1 saturated carbocycles. The van der Waals surface area contributed by atoms with Crippen LogP contribution in [0, 0.1) is 5.92 Å². The zero-order valence-corrected chi connectivity index (χ0v) is 11.2. The topological polar surface area (TPSA) is 61.8 Å². The van der Waals surface area contributed by atoms with Crippen LogP contribution in [0.3, 0.4) is 0 Å². The molecule has 1 aliphatic carbocycles. The fourth-order valence-corrected chi connectivity index (χ4v) is 2.73.